The van der Waals surface area contributed by atoms with Gasteiger partial charge in [0.15, 0.2) is 0 Å². The fourth-order valence-corrected chi connectivity index (χ4v) is 4.04. The Kier molecular flexibility index (Phi) is 4.88. The number of hydrogen-bond acceptors (Lipinski definition) is 4. The number of fused-ring (bicyclic) bond motifs is 2. The van der Waals surface area contributed by atoms with Crippen molar-refractivity contribution in [3.63, 3.8) is 0 Å². The number of nitrogens with one attached hydrogen (secondary N) is 1. The lowest BCUT2D eigenvalue weighted by atomic mass is 10.0. The van der Waals surface area contributed by atoms with E-state index in [2.05, 4.69) is 35.3 Å². The van der Waals surface area contributed by atoms with Gasteiger partial charge in [-0.15, -0.1) is 0 Å². The number of pyridine rings is 1. The number of halogens is 1. The monoisotopic (exact) mass is 369 g/mol. The van der Waals surface area contributed by atoms with Crippen molar-refractivity contribution in [2.45, 2.75) is 25.8 Å². The van der Waals surface area contributed by atoms with Gasteiger partial charge in [-0.25, -0.2) is 4.98 Å². The van der Waals surface area contributed by atoms with Crippen LogP contribution in [0, 0.1) is 0 Å². The molecule has 0 spiro atoms. The Balaban J connectivity index is 1.81. The quantitative estimate of drug-likeness (QED) is 0.660. The molecular weight excluding hydrogens is 346 g/mol. The standard InChI is InChI=1S/C21H24ClN3O/c1-3-25-10-8-14(9-11-25)23-21-15-6-4-5-7-18(15)24-19-13-17(22)20(26-2)12-16(19)21/h4-7,12-14H,3,8-11H2,1-2H3,(H,23,24). The molecule has 1 aliphatic heterocycles. The summed E-state index contributed by atoms with van der Waals surface area (Å²) in [6.07, 6.45) is 2.30. The van der Waals surface area contributed by atoms with Crippen LogP contribution in [-0.2, 0) is 0 Å². The second-order valence-electron chi connectivity index (χ2n) is 6.86. The van der Waals surface area contributed by atoms with Crippen LogP contribution in [0.1, 0.15) is 19.8 Å². The largest absolute Gasteiger partial charge is 0.495 e. The van der Waals surface area contributed by atoms with Gasteiger partial charge in [0, 0.05) is 29.9 Å². The molecule has 2 aromatic carbocycles. The van der Waals surface area contributed by atoms with Crippen molar-refractivity contribution < 1.29 is 4.74 Å². The van der Waals surface area contributed by atoms with E-state index in [1.807, 2.05) is 18.2 Å². The lowest BCUT2D eigenvalue weighted by Gasteiger charge is -2.32. The average molecular weight is 370 g/mol. The van der Waals surface area contributed by atoms with Crippen LogP contribution in [-0.4, -0.2) is 42.7 Å². The van der Waals surface area contributed by atoms with Crippen LogP contribution in [0.25, 0.3) is 21.8 Å². The zero-order chi connectivity index (χ0) is 18.1. The molecule has 4 nitrogen and oxygen atoms in total. The van der Waals surface area contributed by atoms with Crippen molar-refractivity contribution in [1.82, 2.24) is 9.88 Å². The molecule has 2 heterocycles. The maximum atomic E-state index is 6.34. The number of methoxy groups -OCH3 is 1. The van der Waals surface area contributed by atoms with Crippen molar-refractivity contribution in [1.29, 1.82) is 0 Å². The number of ether oxygens (including phenoxy) is 1. The molecule has 5 heteroatoms. The van der Waals surface area contributed by atoms with Gasteiger partial charge < -0.3 is 15.0 Å². The molecule has 136 valence electrons. The Hall–Kier alpha value is -2.04. The molecule has 0 radical (unpaired) electrons. The number of nitrogens with zero attached hydrogens (tertiary/aromatic N) is 2. The number of aromatic nitrogens is 1. The summed E-state index contributed by atoms with van der Waals surface area (Å²) in [5.41, 5.74) is 3.01. The molecular formula is C21H24ClN3O. The summed E-state index contributed by atoms with van der Waals surface area (Å²) in [6.45, 7) is 5.64. The molecule has 1 aromatic heterocycles. The van der Waals surface area contributed by atoms with Gasteiger partial charge in [0.25, 0.3) is 0 Å². The van der Waals surface area contributed by atoms with Crippen molar-refractivity contribution >= 4 is 39.1 Å². The minimum atomic E-state index is 0.466. The number of anilines is 1. The normalized spacial score (nSPS) is 16.3. The van der Waals surface area contributed by atoms with Crippen molar-refractivity contribution in [3.05, 3.63) is 41.4 Å². The predicted molar refractivity (Wildman–Crippen MR) is 110 cm³/mol. The van der Waals surface area contributed by atoms with Gasteiger partial charge in [-0.3, -0.25) is 0 Å². The maximum Gasteiger partial charge on any atom is 0.138 e. The van der Waals surface area contributed by atoms with Crippen LogP contribution in [0.4, 0.5) is 5.69 Å². The van der Waals surface area contributed by atoms with E-state index in [0.29, 0.717) is 16.8 Å². The van der Waals surface area contributed by atoms with Gasteiger partial charge in [0.1, 0.15) is 5.75 Å². The zero-order valence-electron chi connectivity index (χ0n) is 15.3. The second-order valence-corrected chi connectivity index (χ2v) is 7.27. The molecule has 1 saturated heterocycles. The van der Waals surface area contributed by atoms with E-state index in [4.69, 9.17) is 21.3 Å². The molecule has 0 aliphatic carbocycles. The first-order valence-corrected chi connectivity index (χ1v) is 9.62. The van der Waals surface area contributed by atoms with Gasteiger partial charge in [-0.1, -0.05) is 36.7 Å². The third-order valence-electron chi connectivity index (χ3n) is 5.34. The Morgan fingerprint density at radius 1 is 1.15 bits per heavy atom. The van der Waals surface area contributed by atoms with E-state index in [-0.39, 0.29) is 0 Å². The highest BCUT2D eigenvalue weighted by Gasteiger charge is 2.20. The third-order valence-corrected chi connectivity index (χ3v) is 5.63. The van der Waals surface area contributed by atoms with Gasteiger partial charge in [-0.05, 0) is 37.6 Å². The van der Waals surface area contributed by atoms with Gasteiger partial charge >= 0.3 is 0 Å². The molecule has 0 bridgehead atoms. The molecule has 0 unspecified atom stereocenters. The van der Waals surface area contributed by atoms with Crippen LogP contribution in [0.5, 0.6) is 5.75 Å². The smallest absolute Gasteiger partial charge is 0.138 e. The first-order chi connectivity index (χ1) is 12.7. The van der Waals surface area contributed by atoms with Gasteiger partial charge in [-0.2, -0.15) is 0 Å². The molecule has 0 saturated carbocycles. The van der Waals surface area contributed by atoms with E-state index in [1.54, 1.807) is 7.11 Å². The average Bonchev–Trinajstić information content (AvgIpc) is 2.68. The maximum absolute atomic E-state index is 6.34. The molecule has 0 atom stereocenters. The van der Waals surface area contributed by atoms with E-state index in [1.165, 1.54) is 0 Å². The molecule has 3 aromatic rings. The summed E-state index contributed by atoms with van der Waals surface area (Å²) in [5, 5.41) is 6.60. The number of para-hydroxylation sites is 1. The highest BCUT2D eigenvalue weighted by molar-refractivity contribution is 6.33. The van der Waals surface area contributed by atoms with Gasteiger partial charge in [0.2, 0.25) is 0 Å². The van der Waals surface area contributed by atoms with E-state index in [0.717, 1.165) is 60.0 Å². The Labute approximate surface area is 159 Å². The Morgan fingerprint density at radius 2 is 1.92 bits per heavy atom. The van der Waals surface area contributed by atoms with Crippen molar-refractivity contribution in [2.75, 3.05) is 32.1 Å². The summed E-state index contributed by atoms with van der Waals surface area (Å²) in [6, 6.07) is 12.6. The van der Waals surface area contributed by atoms with Crippen LogP contribution in [0.15, 0.2) is 36.4 Å². The number of piperidine rings is 1. The first kappa shape index (κ1) is 17.4. The number of hydrogen-bond donors (Lipinski definition) is 1. The topological polar surface area (TPSA) is 37.4 Å². The summed E-state index contributed by atoms with van der Waals surface area (Å²) in [7, 11) is 1.65. The zero-order valence-corrected chi connectivity index (χ0v) is 16.0. The van der Waals surface area contributed by atoms with Crippen LogP contribution in [0.3, 0.4) is 0 Å². The van der Waals surface area contributed by atoms with E-state index in [9.17, 15) is 0 Å². The summed E-state index contributed by atoms with van der Waals surface area (Å²) in [4.78, 5) is 7.31. The second kappa shape index (κ2) is 7.29. The first-order valence-electron chi connectivity index (χ1n) is 9.24. The van der Waals surface area contributed by atoms with E-state index >= 15 is 0 Å². The van der Waals surface area contributed by atoms with Crippen LogP contribution >= 0.6 is 11.6 Å². The highest BCUT2D eigenvalue weighted by Crippen LogP contribution is 2.37. The minimum Gasteiger partial charge on any atom is -0.495 e. The Bertz CT molecular complexity index is 935. The number of benzene rings is 2. The fourth-order valence-electron chi connectivity index (χ4n) is 3.80. The van der Waals surface area contributed by atoms with Crippen molar-refractivity contribution in [3.8, 4) is 5.75 Å². The molecule has 1 aliphatic rings. The van der Waals surface area contributed by atoms with Crippen molar-refractivity contribution in [2.24, 2.45) is 0 Å². The summed E-state index contributed by atoms with van der Waals surface area (Å²) >= 11 is 6.34. The molecule has 0 amide bonds. The summed E-state index contributed by atoms with van der Waals surface area (Å²) < 4.78 is 5.44. The Morgan fingerprint density at radius 3 is 2.65 bits per heavy atom. The van der Waals surface area contributed by atoms with E-state index < -0.39 is 0 Å². The lowest BCUT2D eigenvalue weighted by Crippen LogP contribution is -2.38. The summed E-state index contributed by atoms with van der Waals surface area (Å²) in [5.74, 6) is 0.681. The molecule has 1 fully saturated rings. The molecule has 4 rings (SSSR count). The highest BCUT2D eigenvalue weighted by atomic mass is 35.5. The van der Waals surface area contributed by atoms with Gasteiger partial charge in [0.05, 0.1) is 28.9 Å². The van der Waals surface area contributed by atoms with Crippen LogP contribution in [0.2, 0.25) is 5.02 Å². The minimum absolute atomic E-state index is 0.466. The fraction of sp³-hybridized carbons (Fsp3) is 0.381. The van der Waals surface area contributed by atoms with Crippen LogP contribution < -0.4 is 10.1 Å². The number of likely N-dealkylation sites (tertiary alicyclic amines) is 1. The molecule has 1 N–H and O–H groups in total. The predicted octanol–water partition coefficient (Wildman–Crippen LogP) is 4.95. The third kappa shape index (κ3) is 3.19. The molecule has 26 heavy (non-hydrogen) atoms. The SMILES string of the molecule is CCN1CCC(Nc2c3ccccc3nc3cc(Cl)c(OC)cc23)CC1. The number of rotatable bonds is 4. The lowest BCUT2D eigenvalue weighted by molar-refractivity contribution is 0.230.